The maximum absolute atomic E-state index is 12.1. The average molecular weight is 291 g/mol. The second-order valence-electron chi connectivity index (χ2n) is 4.81. The fourth-order valence-corrected chi connectivity index (χ4v) is 2.75. The van der Waals surface area contributed by atoms with Crippen LogP contribution < -0.4 is 0 Å². The molecule has 0 atom stereocenters. The molecule has 0 saturated heterocycles. The maximum Gasteiger partial charge on any atom is 0.223 e. The molecule has 0 bridgehead atoms. The van der Waals surface area contributed by atoms with Crippen molar-refractivity contribution in [2.45, 2.75) is 19.4 Å². The number of nitrogens with one attached hydrogen (secondary N) is 2. The molecule has 0 aromatic carbocycles. The summed E-state index contributed by atoms with van der Waals surface area (Å²) in [4.78, 5) is 21.9. The predicted octanol–water partition coefficient (Wildman–Crippen LogP) is 1.44. The fraction of sp³-hybridized carbons (Fsp3) is 0.462. The molecule has 0 unspecified atom stereocenters. The van der Waals surface area contributed by atoms with Crippen LogP contribution in [0.5, 0.6) is 0 Å². The van der Waals surface area contributed by atoms with Crippen molar-refractivity contribution in [2.24, 2.45) is 0 Å². The second-order valence-corrected chi connectivity index (χ2v) is 5.79. The van der Waals surface area contributed by atoms with Crippen LogP contribution in [0, 0.1) is 0 Å². The van der Waals surface area contributed by atoms with Crippen molar-refractivity contribution in [3.8, 4) is 11.4 Å². The zero-order valence-electron chi connectivity index (χ0n) is 11.3. The molecule has 1 aliphatic rings. The van der Waals surface area contributed by atoms with Crippen molar-refractivity contribution in [1.82, 2.24) is 25.1 Å². The van der Waals surface area contributed by atoms with Crippen LogP contribution in [0.25, 0.3) is 11.4 Å². The largest absolute Gasteiger partial charge is 0.340 e. The number of nitrogens with zero attached hydrogens (tertiary/aromatic N) is 3. The van der Waals surface area contributed by atoms with Gasteiger partial charge in [0.05, 0.1) is 29.7 Å². The van der Waals surface area contributed by atoms with Crippen LogP contribution in [0.4, 0.5) is 0 Å². The topological polar surface area (TPSA) is 77.7 Å². The van der Waals surface area contributed by atoms with Gasteiger partial charge in [-0.1, -0.05) is 0 Å². The SMILES string of the molecule is CSCCC(=O)N1CCc2nc(-c3cn[nH]c3)[nH]c2C1. The lowest BCUT2D eigenvalue weighted by Gasteiger charge is -2.26. The Morgan fingerprint density at radius 2 is 2.45 bits per heavy atom. The minimum atomic E-state index is 0.226. The van der Waals surface area contributed by atoms with Crippen molar-refractivity contribution in [3.63, 3.8) is 0 Å². The number of aromatic amines is 2. The van der Waals surface area contributed by atoms with Gasteiger partial charge in [0.15, 0.2) is 0 Å². The number of aromatic nitrogens is 4. The second kappa shape index (κ2) is 5.70. The van der Waals surface area contributed by atoms with E-state index >= 15 is 0 Å². The summed E-state index contributed by atoms with van der Waals surface area (Å²) in [6, 6.07) is 0. The molecule has 2 aromatic rings. The van der Waals surface area contributed by atoms with Crippen molar-refractivity contribution < 1.29 is 4.79 Å². The molecule has 1 aliphatic heterocycles. The van der Waals surface area contributed by atoms with Gasteiger partial charge in [-0.25, -0.2) is 4.98 Å². The van der Waals surface area contributed by atoms with Crippen LogP contribution in [0.2, 0.25) is 0 Å². The average Bonchev–Trinajstić information content (AvgIpc) is 3.11. The van der Waals surface area contributed by atoms with Gasteiger partial charge in [-0.2, -0.15) is 16.9 Å². The van der Waals surface area contributed by atoms with Gasteiger partial charge in [0.2, 0.25) is 5.91 Å². The molecule has 106 valence electrons. The molecule has 0 aliphatic carbocycles. The Bertz CT molecular complexity index is 592. The van der Waals surface area contributed by atoms with E-state index in [1.807, 2.05) is 17.4 Å². The minimum absolute atomic E-state index is 0.226. The zero-order valence-corrected chi connectivity index (χ0v) is 12.2. The Balaban J connectivity index is 1.73. The molecular weight excluding hydrogens is 274 g/mol. The van der Waals surface area contributed by atoms with Crippen molar-refractivity contribution in [3.05, 3.63) is 23.8 Å². The summed E-state index contributed by atoms with van der Waals surface area (Å²) >= 11 is 1.70. The summed E-state index contributed by atoms with van der Waals surface area (Å²) in [6.07, 6.45) is 7.00. The van der Waals surface area contributed by atoms with Gasteiger partial charge in [0.25, 0.3) is 0 Å². The van der Waals surface area contributed by atoms with Crippen LogP contribution in [0.1, 0.15) is 17.8 Å². The number of H-pyrrole nitrogens is 2. The lowest BCUT2D eigenvalue weighted by Crippen LogP contribution is -2.36. The van der Waals surface area contributed by atoms with E-state index in [9.17, 15) is 4.79 Å². The molecular formula is C13H17N5OS. The van der Waals surface area contributed by atoms with E-state index in [2.05, 4.69) is 20.2 Å². The minimum Gasteiger partial charge on any atom is -0.340 e. The summed E-state index contributed by atoms with van der Waals surface area (Å²) in [6.45, 7) is 1.39. The normalized spacial score (nSPS) is 14.3. The first kappa shape index (κ1) is 13.2. The number of carbonyl (C=O) groups is 1. The molecule has 7 heteroatoms. The van der Waals surface area contributed by atoms with Crippen molar-refractivity contribution in [1.29, 1.82) is 0 Å². The third kappa shape index (κ3) is 2.58. The smallest absolute Gasteiger partial charge is 0.223 e. The molecule has 2 aromatic heterocycles. The molecule has 20 heavy (non-hydrogen) atoms. The Morgan fingerprint density at radius 3 is 3.20 bits per heavy atom. The van der Waals surface area contributed by atoms with Gasteiger partial charge >= 0.3 is 0 Å². The molecule has 0 fully saturated rings. The van der Waals surface area contributed by atoms with Gasteiger partial charge in [-0.3, -0.25) is 9.89 Å². The van der Waals surface area contributed by atoms with Gasteiger partial charge in [0, 0.05) is 31.3 Å². The summed E-state index contributed by atoms with van der Waals surface area (Å²) in [5, 5.41) is 6.71. The highest BCUT2D eigenvalue weighted by atomic mass is 32.2. The highest BCUT2D eigenvalue weighted by Crippen LogP contribution is 2.22. The molecule has 6 nitrogen and oxygen atoms in total. The van der Waals surface area contributed by atoms with E-state index in [-0.39, 0.29) is 5.91 Å². The van der Waals surface area contributed by atoms with Crippen molar-refractivity contribution >= 4 is 17.7 Å². The molecule has 0 saturated carbocycles. The van der Waals surface area contributed by atoms with Crippen LogP contribution >= 0.6 is 11.8 Å². The number of carbonyl (C=O) groups excluding carboxylic acids is 1. The van der Waals surface area contributed by atoms with Crippen LogP contribution in [-0.4, -0.2) is 49.5 Å². The molecule has 3 heterocycles. The van der Waals surface area contributed by atoms with Gasteiger partial charge in [-0.05, 0) is 6.26 Å². The van der Waals surface area contributed by atoms with E-state index in [0.717, 1.165) is 41.5 Å². The lowest BCUT2D eigenvalue weighted by atomic mass is 10.1. The lowest BCUT2D eigenvalue weighted by molar-refractivity contribution is -0.131. The standard InChI is InChI=1S/C13H17N5OS/c1-20-5-3-12(19)18-4-2-10-11(8-18)17-13(16-10)9-6-14-15-7-9/h6-7H,2-5,8H2,1H3,(H,14,15)(H,16,17). The monoisotopic (exact) mass is 291 g/mol. The van der Waals surface area contributed by atoms with E-state index in [0.29, 0.717) is 13.0 Å². The first-order chi connectivity index (χ1) is 9.78. The quantitative estimate of drug-likeness (QED) is 0.893. The Labute approximate surface area is 121 Å². The molecule has 2 N–H and O–H groups in total. The zero-order chi connectivity index (χ0) is 13.9. The van der Waals surface area contributed by atoms with Gasteiger partial charge in [-0.15, -0.1) is 0 Å². The van der Waals surface area contributed by atoms with Gasteiger partial charge in [0.1, 0.15) is 5.82 Å². The first-order valence-corrected chi connectivity index (χ1v) is 8.01. The summed E-state index contributed by atoms with van der Waals surface area (Å²) in [5.41, 5.74) is 3.06. The predicted molar refractivity (Wildman–Crippen MR) is 78.3 cm³/mol. The third-order valence-electron chi connectivity index (χ3n) is 3.48. The Kier molecular flexibility index (Phi) is 3.77. The van der Waals surface area contributed by atoms with E-state index in [4.69, 9.17) is 0 Å². The highest BCUT2D eigenvalue weighted by Gasteiger charge is 2.23. The number of rotatable bonds is 4. The molecule has 3 rings (SSSR count). The number of thioether (sulfide) groups is 1. The van der Waals surface area contributed by atoms with Gasteiger partial charge < -0.3 is 9.88 Å². The number of hydrogen-bond donors (Lipinski definition) is 2. The van der Waals surface area contributed by atoms with Crippen molar-refractivity contribution in [2.75, 3.05) is 18.6 Å². The summed E-state index contributed by atoms with van der Waals surface area (Å²) in [5.74, 6) is 1.93. The molecule has 0 spiro atoms. The highest BCUT2D eigenvalue weighted by molar-refractivity contribution is 7.98. The first-order valence-electron chi connectivity index (χ1n) is 6.61. The van der Waals surface area contributed by atoms with E-state index in [1.54, 1.807) is 18.0 Å². The number of hydrogen-bond acceptors (Lipinski definition) is 4. The fourth-order valence-electron chi connectivity index (χ4n) is 2.37. The molecule has 1 amide bonds. The number of fused-ring (bicyclic) bond motifs is 1. The van der Waals surface area contributed by atoms with Crippen LogP contribution in [-0.2, 0) is 17.8 Å². The summed E-state index contributed by atoms with van der Waals surface area (Å²) < 4.78 is 0. The van der Waals surface area contributed by atoms with Crippen LogP contribution in [0.15, 0.2) is 12.4 Å². The van der Waals surface area contributed by atoms with Crippen LogP contribution in [0.3, 0.4) is 0 Å². The van der Waals surface area contributed by atoms with E-state index < -0.39 is 0 Å². The third-order valence-corrected chi connectivity index (χ3v) is 4.09. The Morgan fingerprint density at radius 1 is 1.55 bits per heavy atom. The van der Waals surface area contributed by atoms with E-state index in [1.165, 1.54) is 0 Å². The molecule has 0 radical (unpaired) electrons. The maximum atomic E-state index is 12.1. The summed E-state index contributed by atoms with van der Waals surface area (Å²) in [7, 11) is 0. The Hall–Kier alpha value is -1.76. The number of amides is 1. The number of imidazole rings is 1.